The molecule has 1 N–H and O–H groups in total. The Labute approximate surface area is 208 Å². The van der Waals surface area contributed by atoms with Gasteiger partial charge < -0.3 is 14.3 Å². The van der Waals surface area contributed by atoms with Gasteiger partial charge in [0.25, 0.3) is 5.69 Å². The number of nitro groups is 1. The van der Waals surface area contributed by atoms with Crippen LogP contribution in [0.3, 0.4) is 0 Å². The minimum Gasteiger partial charge on any atom is -0.459 e. The lowest BCUT2D eigenvalue weighted by Gasteiger charge is -2.30. The molecular formula is C27H28N2O7. The Morgan fingerprint density at radius 2 is 2.03 bits per heavy atom. The summed E-state index contributed by atoms with van der Waals surface area (Å²) >= 11 is 0. The van der Waals surface area contributed by atoms with Gasteiger partial charge in [-0.25, -0.2) is 4.90 Å². The predicted octanol–water partition coefficient (Wildman–Crippen LogP) is 4.40. The van der Waals surface area contributed by atoms with Gasteiger partial charge in [-0.2, -0.15) is 0 Å². The molecule has 1 aromatic heterocycles. The maximum absolute atomic E-state index is 13.5. The molecule has 2 aliphatic heterocycles. The van der Waals surface area contributed by atoms with Crippen LogP contribution in [0.2, 0.25) is 0 Å². The van der Waals surface area contributed by atoms with Crippen LogP contribution in [0.4, 0.5) is 11.4 Å². The number of allylic oxidation sites excluding steroid dienone is 2. The van der Waals surface area contributed by atoms with Crippen LogP contribution in [0.25, 0.3) is 6.08 Å². The summed E-state index contributed by atoms with van der Waals surface area (Å²) in [7, 11) is 0. The SMILES string of the molecule is CC1=C2[C@@H](CC/C(C)=C/c3ccc(CO)o3)OC[C@@H]2[C@@H]2C(=O)N(c3cccc([N+](=O)[O-])c3)C(=O)[C@@H]2C1. The number of imide groups is 1. The standard InChI is InChI=1S/C27H28N2O7/c1-15(10-19-7-8-20(13-30)36-19)6-9-23-24-16(2)11-21-25(22(24)14-35-23)27(32)28(26(21)31)17-4-3-5-18(12-17)29(33)34/h3-5,7-8,10,12,21-23,25,30H,6,9,11,13-14H2,1-2H3/b15-10+/t21-,22+,23-,25-/m1/s1. The van der Waals surface area contributed by atoms with E-state index in [1.165, 1.54) is 18.2 Å². The van der Waals surface area contributed by atoms with Crippen molar-refractivity contribution in [1.29, 1.82) is 0 Å². The van der Waals surface area contributed by atoms with Gasteiger partial charge in [-0.15, -0.1) is 0 Å². The molecule has 0 saturated carbocycles. The lowest BCUT2D eigenvalue weighted by Crippen LogP contribution is -2.34. The number of aliphatic hydroxyl groups is 1. The number of nitro benzene ring substituents is 1. The topological polar surface area (TPSA) is 123 Å². The number of anilines is 1. The normalized spacial score (nSPS) is 26.0. The molecule has 1 aromatic carbocycles. The molecule has 2 amide bonds. The lowest BCUT2D eigenvalue weighted by molar-refractivity contribution is -0.384. The number of hydrogen-bond acceptors (Lipinski definition) is 7. The van der Waals surface area contributed by atoms with E-state index in [0.29, 0.717) is 24.5 Å². The van der Waals surface area contributed by atoms with Crippen LogP contribution in [0.5, 0.6) is 0 Å². The van der Waals surface area contributed by atoms with Gasteiger partial charge in [-0.05, 0) is 63.0 Å². The van der Waals surface area contributed by atoms with Gasteiger partial charge in [0.05, 0.1) is 35.2 Å². The Morgan fingerprint density at radius 1 is 1.22 bits per heavy atom. The van der Waals surface area contributed by atoms with Crippen molar-refractivity contribution in [2.45, 2.75) is 45.8 Å². The summed E-state index contributed by atoms with van der Waals surface area (Å²) in [6, 6.07) is 9.23. The fourth-order valence-corrected chi connectivity index (χ4v) is 5.86. The van der Waals surface area contributed by atoms with Crippen LogP contribution in [0.1, 0.15) is 44.6 Å². The Hall–Kier alpha value is -3.56. The summed E-state index contributed by atoms with van der Waals surface area (Å²) in [6.45, 7) is 4.26. The average molecular weight is 493 g/mol. The number of aliphatic hydroxyl groups excluding tert-OH is 1. The highest BCUT2D eigenvalue weighted by Gasteiger charge is 2.56. The lowest BCUT2D eigenvalue weighted by atomic mass is 9.70. The van der Waals surface area contributed by atoms with Crippen LogP contribution >= 0.6 is 0 Å². The van der Waals surface area contributed by atoms with E-state index in [1.54, 1.807) is 12.1 Å². The zero-order valence-electron chi connectivity index (χ0n) is 20.2. The number of rotatable bonds is 7. The number of nitrogens with zero attached hydrogens (tertiary/aromatic N) is 2. The van der Waals surface area contributed by atoms with E-state index in [4.69, 9.17) is 9.15 Å². The number of amides is 2. The molecule has 188 valence electrons. The van der Waals surface area contributed by atoms with Crippen molar-refractivity contribution in [2.75, 3.05) is 11.5 Å². The van der Waals surface area contributed by atoms with Gasteiger partial charge >= 0.3 is 0 Å². The monoisotopic (exact) mass is 492 g/mol. The van der Waals surface area contributed by atoms with Crippen LogP contribution in [-0.2, 0) is 20.9 Å². The van der Waals surface area contributed by atoms with Crippen molar-refractivity contribution in [3.05, 3.63) is 74.8 Å². The molecule has 3 heterocycles. The Balaban J connectivity index is 1.33. The second-order valence-electron chi connectivity index (χ2n) is 9.78. The highest BCUT2D eigenvalue weighted by atomic mass is 16.6. The minimum absolute atomic E-state index is 0.126. The van der Waals surface area contributed by atoms with Crippen molar-refractivity contribution in [1.82, 2.24) is 0 Å². The number of fused-ring (bicyclic) bond motifs is 3. The van der Waals surface area contributed by atoms with Crippen molar-refractivity contribution in [2.24, 2.45) is 17.8 Å². The fourth-order valence-electron chi connectivity index (χ4n) is 5.86. The highest BCUT2D eigenvalue weighted by molar-refractivity contribution is 6.22. The maximum Gasteiger partial charge on any atom is 0.271 e. The van der Waals surface area contributed by atoms with Crippen LogP contribution < -0.4 is 4.90 Å². The number of carbonyl (C=O) groups is 2. The van der Waals surface area contributed by atoms with E-state index in [0.717, 1.165) is 34.5 Å². The molecule has 0 bridgehead atoms. The zero-order valence-corrected chi connectivity index (χ0v) is 20.2. The molecule has 0 spiro atoms. The second-order valence-corrected chi connectivity index (χ2v) is 9.78. The third-order valence-electron chi connectivity index (χ3n) is 7.48. The van der Waals surface area contributed by atoms with Gasteiger partial charge in [-0.3, -0.25) is 19.7 Å². The van der Waals surface area contributed by atoms with Gasteiger partial charge in [0, 0.05) is 18.1 Å². The second kappa shape index (κ2) is 9.48. The summed E-state index contributed by atoms with van der Waals surface area (Å²) in [6.07, 6.45) is 3.81. The first-order valence-corrected chi connectivity index (χ1v) is 12.1. The molecule has 4 atom stereocenters. The first-order valence-electron chi connectivity index (χ1n) is 12.1. The molecule has 36 heavy (non-hydrogen) atoms. The molecule has 9 nitrogen and oxygen atoms in total. The number of furan rings is 1. The van der Waals surface area contributed by atoms with Crippen LogP contribution in [0.15, 0.2) is 57.5 Å². The zero-order chi connectivity index (χ0) is 25.6. The van der Waals surface area contributed by atoms with E-state index in [9.17, 15) is 24.8 Å². The van der Waals surface area contributed by atoms with E-state index in [1.807, 2.05) is 26.0 Å². The van der Waals surface area contributed by atoms with Crippen molar-refractivity contribution < 1.29 is 28.8 Å². The molecule has 2 aromatic rings. The third kappa shape index (κ3) is 4.18. The molecular weight excluding hydrogens is 464 g/mol. The smallest absolute Gasteiger partial charge is 0.271 e. The number of hydrogen-bond donors (Lipinski definition) is 1. The van der Waals surface area contributed by atoms with E-state index < -0.39 is 16.8 Å². The average Bonchev–Trinajstić information content (AvgIpc) is 3.55. The molecule has 1 aliphatic carbocycles. The third-order valence-corrected chi connectivity index (χ3v) is 7.48. The Kier molecular flexibility index (Phi) is 6.36. The van der Waals surface area contributed by atoms with Crippen molar-refractivity contribution in [3.63, 3.8) is 0 Å². The number of ether oxygens (including phenoxy) is 1. The maximum atomic E-state index is 13.5. The number of non-ortho nitro benzene ring substituents is 1. The van der Waals surface area contributed by atoms with E-state index in [-0.39, 0.29) is 41.8 Å². The molecule has 0 unspecified atom stereocenters. The predicted molar refractivity (Wildman–Crippen MR) is 131 cm³/mol. The van der Waals surface area contributed by atoms with Gasteiger partial charge in [-0.1, -0.05) is 17.2 Å². The first-order chi connectivity index (χ1) is 17.3. The molecule has 5 rings (SSSR count). The minimum atomic E-state index is -0.533. The quantitative estimate of drug-likeness (QED) is 0.263. The van der Waals surface area contributed by atoms with Gasteiger partial charge in [0.2, 0.25) is 11.8 Å². The van der Waals surface area contributed by atoms with E-state index >= 15 is 0 Å². The number of benzene rings is 1. The molecule has 0 radical (unpaired) electrons. The highest BCUT2D eigenvalue weighted by Crippen LogP contribution is 2.50. The number of carbonyl (C=O) groups excluding carboxylic acids is 2. The molecule has 2 saturated heterocycles. The first kappa shape index (κ1) is 24.1. The largest absolute Gasteiger partial charge is 0.459 e. The molecule has 9 heteroatoms. The van der Waals surface area contributed by atoms with Gasteiger partial charge in [0.15, 0.2) is 0 Å². The van der Waals surface area contributed by atoms with Crippen LogP contribution in [0, 0.1) is 27.9 Å². The Morgan fingerprint density at radius 3 is 2.75 bits per heavy atom. The summed E-state index contributed by atoms with van der Waals surface area (Å²) < 4.78 is 11.7. The molecule has 2 fully saturated rings. The Bertz CT molecular complexity index is 1290. The van der Waals surface area contributed by atoms with Crippen molar-refractivity contribution >= 4 is 29.3 Å². The molecule has 3 aliphatic rings. The fraction of sp³-hybridized carbons (Fsp3) is 0.407. The van der Waals surface area contributed by atoms with E-state index in [2.05, 4.69) is 0 Å². The van der Waals surface area contributed by atoms with Crippen LogP contribution in [-0.4, -0.2) is 34.6 Å². The van der Waals surface area contributed by atoms with Crippen molar-refractivity contribution in [3.8, 4) is 0 Å². The van der Waals surface area contributed by atoms with Gasteiger partial charge in [0.1, 0.15) is 18.1 Å². The summed E-state index contributed by atoms with van der Waals surface area (Å²) in [5.74, 6) is -0.565. The summed E-state index contributed by atoms with van der Waals surface area (Å²) in [5, 5.41) is 20.4. The summed E-state index contributed by atoms with van der Waals surface area (Å²) in [4.78, 5) is 38.6. The summed E-state index contributed by atoms with van der Waals surface area (Å²) in [5.41, 5.74) is 3.40.